The van der Waals surface area contributed by atoms with E-state index in [1.54, 1.807) is 4.68 Å². The molecule has 0 aromatic carbocycles. The number of carbonyl (C=O) groups excluding carboxylic acids is 1. The normalized spacial score (nSPS) is 12.2. The van der Waals surface area contributed by atoms with E-state index in [1.807, 2.05) is 27.8 Å². The van der Waals surface area contributed by atoms with Gasteiger partial charge in [-0.05, 0) is 19.8 Å². The first-order chi connectivity index (χ1) is 8.99. The molecule has 1 atom stereocenters. The summed E-state index contributed by atoms with van der Waals surface area (Å²) in [6.45, 7) is 6.61. The maximum absolute atomic E-state index is 11.6. The lowest BCUT2D eigenvalue weighted by Gasteiger charge is -2.12. The number of hydrogen-bond donors (Lipinski definition) is 3. The number of rotatable bonds is 7. The van der Waals surface area contributed by atoms with Crippen molar-refractivity contribution in [3.8, 4) is 0 Å². The van der Waals surface area contributed by atoms with E-state index in [9.17, 15) is 4.79 Å². The quantitative estimate of drug-likeness (QED) is 0.695. The van der Waals surface area contributed by atoms with Crippen LogP contribution < -0.4 is 16.4 Å². The molecule has 6 nitrogen and oxygen atoms in total. The lowest BCUT2D eigenvalue weighted by Crippen LogP contribution is -2.33. The molecule has 0 fully saturated rings. The lowest BCUT2D eigenvalue weighted by molar-refractivity contribution is -0.121. The SMILES string of the molecule is CCc1nn(C)c(NCCC(=O)NC(C)CC)c1N. The van der Waals surface area contributed by atoms with Crippen molar-refractivity contribution in [1.82, 2.24) is 15.1 Å². The second-order valence-corrected chi connectivity index (χ2v) is 4.74. The molecule has 1 aromatic heterocycles. The summed E-state index contributed by atoms with van der Waals surface area (Å²) in [5.74, 6) is 0.839. The number of nitrogens with one attached hydrogen (secondary N) is 2. The van der Waals surface area contributed by atoms with Crippen LogP contribution in [0, 0.1) is 0 Å². The molecule has 0 radical (unpaired) electrons. The zero-order chi connectivity index (χ0) is 14.4. The maximum Gasteiger partial charge on any atom is 0.221 e. The molecule has 0 saturated heterocycles. The van der Waals surface area contributed by atoms with Gasteiger partial charge in [0, 0.05) is 26.1 Å². The summed E-state index contributed by atoms with van der Waals surface area (Å²) >= 11 is 0. The van der Waals surface area contributed by atoms with Gasteiger partial charge >= 0.3 is 0 Å². The molecular formula is C13H25N5O. The summed E-state index contributed by atoms with van der Waals surface area (Å²) in [5, 5.41) is 10.4. The first kappa shape index (κ1) is 15.3. The Bertz CT molecular complexity index is 427. The van der Waals surface area contributed by atoms with Crippen LogP contribution in [0.2, 0.25) is 0 Å². The summed E-state index contributed by atoms with van der Waals surface area (Å²) in [6, 6.07) is 0.223. The minimum absolute atomic E-state index is 0.0540. The number of nitrogen functional groups attached to an aromatic ring is 1. The average Bonchev–Trinajstić information content (AvgIpc) is 2.65. The molecule has 1 amide bonds. The van der Waals surface area contributed by atoms with Crippen LogP contribution in [0.5, 0.6) is 0 Å². The van der Waals surface area contributed by atoms with Crippen molar-refractivity contribution in [3.05, 3.63) is 5.69 Å². The van der Waals surface area contributed by atoms with E-state index in [0.717, 1.165) is 24.4 Å². The summed E-state index contributed by atoms with van der Waals surface area (Å²) in [4.78, 5) is 11.6. The third-order valence-electron chi connectivity index (χ3n) is 3.16. The van der Waals surface area contributed by atoms with E-state index in [4.69, 9.17) is 5.73 Å². The number of nitrogens with two attached hydrogens (primary N) is 1. The molecule has 1 rings (SSSR count). The van der Waals surface area contributed by atoms with Gasteiger partial charge in [0.15, 0.2) is 0 Å². The van der Waals surface area contributed by atoms with E-state index in [-0.39, 0.29) is 11.9 Å². The zero-order valence-electron chi connectivity index (χ0n) is 12.3. The second-order valence-electron chi connectivity index (χ2n) is 4.74. The first-order valence-corrected chi connectivity index (χ1v) is 6.84. The van der Waals surface area contributed by atoms with Crippen molar-refractivity contribution in [2.75, 3.05) is 17.6 Å². The van der Waals surface area contributed by atoms with Crippen molar-refractivity contribution in [3.63, 3.8) is 0 Å². The minimum Gasteiger partial charge on any atom is -0.394 e. The average molecular weight is 267 g/mol. The number of nitrogens with zero attached hydrogens (tertiary/aromatic N) is 2. The fraction of sp³-hybridized carbons (Fsp3) is 0.692. The molecule has 19 heavy (non-hydrogen) atoms. The first-order valence-electron chi connectivity index (χ1n) is 6.84. The van der Waals surface area contributed by atoms with E-state index in [1.165, 1.54) is 0 Å². The number of amides is 1. The molecule has 0 bridgehead atoms. The predicted octanol–water partition coefficient (Wildman–Crippen LogP) is 1.28. The van der Waals surface area contributed by atoms with Crippen LogP contribution in [-0.2, 0) is 18.3 Å². The van der Waals surface area contributed by atoms with Crippen LogP contribution in [0.1, 0.15) is 39.3 Å². The van der Waals surface area contributed by atoms with Gasteiger partial charge in [-0.1, -0.05) is 13.8 Å². The third-order valence-corrected chi connectivity index (χ3v) is 3.16. The van der Waals surface area contributed by atoms with Crippen molar-refractivity contribution < 1.29 is 4.79 Å². The van der Waals surface area contributed by atoms with Crippen LogP contribution in [-0.4, -0.2) is 28.3 Å². The molecule has 0 aliphatic heterocycles. The van der Waals surface area contributed by atoms with E-state index in [2.05, 4.69) is 15.7 Å². The number of anilines is 2. The number of carbonyl (C=O) groups is 1. The predicted molar refractivity (Wildman–Crippen MR) is 78.0 cm³/mol. The molecule has 0 aliphatic carbocycles. The third kappa shape index (κ3) is 4.15. The second kappa shape index (κ2) is 7.01. The Morgan fingerprint density at radius 3 is 2.68 bits per heavy atom. The molecule has 1 aromatic rings. The zero-order valence-corrected chi connectivity index (χ0v) is 12.3. The van der Waals surface area contributed by atoms with Crippen LogP contribution in [0.25, 0.3) is 0 Å². The van der Waals surface area contributed by atoms with Crippen LogP contribution in [0.15, 0.2) is 0 Å². The topological polar surface area (TPSA) is 85.0 Å². The largest absolute Gasteiger partial charge is 0.394 e. The van der Waals surface area contributed by atoms with Gasteiger partial charge in [-0.2, -0.15) is 5.10 Å². The summed E-state index contributed by atoms with van der Waals surface area (Å²) < 4.78 is 1.72. The van der Waals surface area contributed by atoms with Crippen molar-refractivity contribution in [2.24, 2.45) is 7.05 Å². The highest BCUT2D eigenvalue weighted by Crippen LogP contribution is 2.21. The van der Waals surface area contributed by atoms with Gasteiger partial charge < -0.3 is 16.4 Å². The van der Waals surface area contributed by atoms with Crippen LogP contribution in [0.4, 0.5) is 11.5 Å². The Labute approximate surface area is 114 Å². The molecule has 0 spiro atoms. The Balaban J connectivity index is 2.45. The van der Waals surface area contributed by atoms with Crippen molar-refractivity contribution in [1.29, 1.82) is 0 Å². The smallest absolute Gasteiger partial charge is 0.221 e. The van der Waals surface area contributed by atoms with Gasteiger partial charge in [-0.15, -0.1) is 0 Å². The van der Waals surface area contributed by atoms with E-state index >= 15 is 0 Å². The van der Waals surface area contributed by atoms with Gasteiger partial charge in [0.05, 0.1) is 11.4 Å². The minimum atomic E-state index is 0.0540. The molecule has 0 aliphatic rings. The van der Waals surface area contributed by atoms with Gasteiger partial charge in [0.25, 0.3) is 0 Å². The van der Waals surface area contributed by atoms with Crippen LogP contribution >= 0.6 is 0 Å². The molecule has 1 heterocycles. The highest BCUT2D eigenvalue weighted by atomic mass is 16.1. The lowest BCUT2D eigenvalue weighted by atomic mass is 10.2. The number of aromatic nitrogens is 2. The Morgan fingerprint density at radius 1 is 1.47 bits per heavy atom. The Kier molecular flexibility index (Phi) is 5.66. The standard InChI is InChI=1S/C13H25N5O/c1-5-9(3)16-11(19)7-8-15-13-12(14)10(6-2)17-18(13)4/h9,15H,5-8,14H2,1-4H3,(H,16,19). The molecule has 108 valence electrons. The molecule has 4 N–H and O–H groups in total. The van der Waals surface area contributed by atoms with Gasteiger partial charge in [0.2, 0.25) is 5.91 Å². The van der Waals surface area contributed by atoms with Gasteiger partial charge in [0.1, 0.15) is 5.82 Å². The molecule has 0 saturated carbocycles. The highest BCUT2D eigenvalue weighted by molar-refractivity contribution is 5.77. The fourth-order valence-corrected chi connectivity index (χ4v) is 1.81. The van der Waals surface area contributed by atoms with E-state index < -0.39 is 0 Å². The highest BCUT2D eigenvalue weighted by Gasteiger charge is 2.12. The Morgan fingerprint density at radius 2 is 2.16 bits per heavy atom. The number of hydrogen-bond acceptors (Lipinski definition) is 4. The van der Waals surface area contributed by atoms with Crippen molar-refractivity contribution >= 4 is 17.4 Å². The van der Waals surface area contributed by atoms with Gasteiger partial charge in [-0.25, -0.2) is 0 Å². The Hall–Kier alpha value is -1.72. The monoisotopic (exact) mass is 267 g/mol. The summed E-state index contributed by atoms with van der Waals surface area (Å²) in [7, 11) is 1.84. The molecule has 6 heteroatoms. The molecular weight excluding hydrogens is 242 g/mol. The maximum atomic E-state index is 11.6. The summed E-state index contributed by atoms with van der Waals surface area (Å²) in [5.41, 5.74) is 7.54. The summed E-state index contributed by atoms with van der Waals surface area (Å²) in [6.07, 6.45) is 2.17. The van der Waals surface area contributed by atoms with E-state index in [0.29, 0.717) is 18.7 Å². The molecule has 1 unspecified atom stereocenters. The van der Waals surface area contributed by atoms with Gasteiger partial charge in [-0.3, -0.25) is 9.48 Å². The van der Waals surface area contributed by atoms with Crippen LogP contribution in [0.3, 0.4) is 0 Å². The van der Waals surface area contributed by atoms with Crippen molar-refractivity contribution in [2.45, 2.75) is 46.1 Å². The number of aryl methyl sites for hydroxylation is 2. The fourth-order valence-electron chi connectivity index (χ4n) is 1.81.